The van der Waals surface area contributed by atoms with Gasteiger partial charge in [0.25, 0.3) is 5.91 Å². The van der Waals surface area contributed by atoms with Gasteiger partial charge in [-0.2, -0.15) is 5.10 Å². The highest BCUT2D eigenvalue weighted by atomic mass is 79.9. The molecule has 0 aliphatic rings. The Kier molecular flexibility index (Phi) is 3.57. The number of carbonyl (C=O) groups is 1. The van der Waals surface area contributed by atoms with E-state index in [1.807, 2.05) is 0 Å². The zero-order valence-electron chi connectivity index (χ0n) is 10.7. The van der Waals surface area contributed by atoms with Gasteiger partial charge in [0, 0.05) is 21.2 Å². The number of nitrogens with one attached hydrogen (secondary N) is 2. The molecule has 0 aliphatic carbocycles. The van der Waals surface area contributed by atoms with E-state index in [1.165, 1.54) is 0 Å². The van der Waals surface area contributed by atoms with Crippen molar-refractivity contribution in [3.05, 3.63) is 51.6 Å². The van der Waals surface area contributed by atoms with Crippen molar-refractivity contribution < 1.29 is 4.79 Å². The average molecular weight is 366 g/mol. The van der Waals surface area contributed by atoms with Crippen LogP contribution in [0.5, 0.6) is 0 Å². The molecule has 106 valence electrons. The highest BCUT2D eigenvalue weighted by molar-refractivity contribution is 9.10. The lowest BCUT2D eigenvalue weighted by Crippen LogP contribution is -2.12. The van der Waals surface area contributed by atoms with Gasteiger partial charge < -0.3 is 11.1 Å². The number of fused-ring (bicyclic) bond motifs is 1. The van der Waals surface area contributed by atoms with E-state index < -0.39 is 0 Å². The highest BCUT2D eigenvalue weighted by Gasteiger charge is 2.15. The standard InChI is InChI=1S/C14H10BrClN4O/c15-10-6-8(2-3-11(10)16)18-14(21)13-9-5-7(17)1-4-12(9)19-20-13/h1-6H,17H2,(H,18,21)(H,19,20). The van der Waals surface area contributed by atoms with Crippen molar-refractivity contribution in [1.29, 1.82) is 0 Å². The summed E-state index contributed by atoms with van der Waals surface area (Å²) in [4.78, 5) is 12.3. The molecule has 5 nitrogen and oxygen atoms in total. The van der Waals surface area contributed by atoms with E-state index in [0.717, 1.165) is 5.52 Å². The minimum atomic E-state index is -0.318. The predicted octanol–water partition coefficient (Wildman–Crippen LogP) is 3.81. The number of hydrogen-bond donors (Lipinski definition) is 3. The number of nitrogens with zero attached hydrogens (tertiary/aromatic N) is 1. The zero-order chi connectivity index (χ0) is 15.0. The van der Waals surface area contributed by atoms with Gasteiger partial charge in [-0.15, -0.1) is 0 Å². The second kappa shape index (κ2) is 5.38. The monoisotopic (exact) mass is 364 g/mol. The number of H-pyrrole nitrogens is 1. The molecule has 1 aromatic heterocycles. The lowest BCUT2D eigenvalue weighted by Gasteiger charge is -2.05. The van der Waals surface area contributed by atoms with E-state index in [9.17, 15) is 4.79 Å². The van der Waals surface area contributed by atoms with Crippen molar-refractivity contribution in [2.24, 2.45) is 0 Å². The molecule has 3 aromatic rings. The Labute approximate surface area is 133 Å². The maximum Gasteiger partial charge on any atom is 0.276 e. The number of anilines is 2. The molecule has 7 heteroatoms. The summed E-state index contributed by atoms with van der Waals surface area (Å²) in [7, 11) is 0. The Morgan fingerprint density at radius 3 is 2.86 bits per heavy atom. The van der Waals surface area contributed by atoms with Gasteiger partial charge in [0.1, 0.15) is 0 Å². The van der Waals surface area contributed by atoms with Crippen molar-refractivity contribution >= 4 is 55.7 Å². The third kappa shape index (κ3) is 2.72. The van der Waals surface area contributed by atoms with Gasteiger partial charge in [-0.3, -0.25) is 9.89 Å². The predicted molar refractivity (Wildman–Crippen MR) is 87.6 cm³/mol. The number of carbonyl (C=O) groups excluding carboxylic acids is 1. The van der Waals surface area contributed by atoms with E-state index in [2.05, 4.69) is 31.4 Å². The first kappa shape index (κ1) is 13.9. The molecule has 2 aromatic carbocycles. The van der Waals surface area contributed by atoms with Gasteiger partial charge in [0.05, 0.1) is 10.5 Å². The van der Waals surface area contributed by atoms with Crippen LogP contribution in [-0.4, -0.2) is 16.1 Å². The first-order chi connectivity index (χ1) is 10.0. The maximum atomic E-state index is 12.3. The number of nitrogens with two attached hydrogens (primary N) is 1. The molecule has 21 heavy (non-hydrogen) atoms. The van der Waals surface area contributed by atoms with Crippen LogP contribution in [0.4, 0.5) is 11.4 Å². The van der Waals surface area contributed by atoms with Gasteiger partial charge in [-0.25, -0.2) is 0 Å². The summed E-state index contributed by atoms with van der Waals surface area (Å²) >= 11 is 9.23. The number of aromatic amines is 1. The minimum Gasteiger partial charge on any atom is -0.399 e. The first-order valence-corrected chi connectivity index (χ1v) is 7.22. The Hall–Kier alpha value is -2.05. The summed E-state index contributed by atoms with van der Waals surface area (Å²) in [5.41, 5.74) is 8.00. The SMILES string of the molecule is Nc1ccc2[nH]nc(C(=O)Nc3ccc(Cl)c(Br)c3)c2c1. The van der Waals surface area contributed by atoms with Gasteiger partial charge in [0.15, 0.2) is 5.69 Å². The van der Waals surface area contributed by atoms with E-state index in [1.54, 1.807) is 36.4 Å². The number of hydrogen-bond acceptors (Lipinski definition) is 3. The molecule has 0 fully saturated rings. The fraction of sp³-hybridized carbons (Fsp3) is 0. The van der Waals surface area contributed by atoms with E-state index in [4.69, 9.17) is 17.3 Å². The number of amides is 1. The topological polar surface area (TPSA) is 83.8 Å². The van der Waals surface area contributed by atoms with Crippen LogP contribution in [0.3, 0.4) is 0 Å². The van der Waals surface area contributed by atoms with E-state index >= 15 is 0 Å². The van der Waals surface area contributed by atoms with Gasteiger partial charge in [0.2, 0.25) is 0 Å². The van der Waals surface area contributed by atoms with Crippen LogP contribution >= 0.6 is 27.5 Å². The van der Waals surface area contributed by atoms with Crippen LogP contribution < -0.4 is 11.1 Å². The molecule has 0 spiro atoms. The normalized spacial score (nSPS) is 10.8. The summed E-state index contributed by atoms with van der Waals surface area (Å²) in [6, 6.07) is 10.4. The molecule has 0 atom stereocenters. The average Bonchev–Trinajstić information content (AvgIpc) is 2.86. The van der Waals surface area contributed by atoms with E-state index in [0.29, 0.717) is 32.0 Å². The lowest BCUT2D eigenvalue weighted by molar-refractivity contribution is 0.102. The number of aromatic nitrogens is 2. The number of benzene rings is 2. The summed E-state index contributed by atoms with van der Waals surface area (Å²) < 4.78 is 0.707. The maximum absolute atomic E-state index is 12.3. The molecule has 0 radical (unpaired) electrons. The Balaban J connectivity index is 1.93. The third-order valence-electron chi connectivity index (χ3n) is 2.98. The van der Waals surface area contributed by atoms with Crippen LogP contribution in [0, 0.1) is 0 Å². The van der Waals surface area contributed by atoms with Crippen LogP contribution in [-0.2, 0) is 0 Å². The second-order valence-electron chi connectivity index (χ2n) is 4.46. The molecular weight excluding hydrogens is 356 g/mol. The highest BCUT2D eigenvalue weighted by Crippen LogP contribution is 2.26. The number of halogens is 2. The van der Waals surface area contributed by atoms with Crippen molar-refractivity contribution in [2.45, 2.75) is 0 Å². The van der Waals surface area contributed by atoms with Gasteiger partial charge in [-0.1, -0.05) is 11.6 Å². The molecular formula is C14H10BrClN4O. The quantitative estimate of drug-likeness (QED) is 0.604. The van der Waals surface area contributed by atoms with Crippen LogP contribution in [0.2, 0.25) is 5.02 Å². The summed E-state index contributed by atoms with van der Waals surface area (Å²) in [6.07, 6.45) is 0. The molecule has 0 saturated carbocycles. The lowest BCUT2D eigenvalue weighted by atomic mass is 10.2. The van der Waals surface area contributed by atoms with Crippen molar-refractivity contribution in [3.63, 3.8) is 0 Å². The third-order valence-corrected chi connectivity index (χ3v) is 4.19. The molecule has 3 rings (SSSR count). The fourth-order valence-corrected chi connectivity index (χ4v) is 2.47. The van der Waals surface area contributed by atoms with Gasteiger partial charge in [-0.05, 0) is 52.3 Å². The second-order valence-corrected chi connectivity index (χ2v) is 5.72. The Bertz CT molecular complexity index is 846. The summed E-state index contributed by atoms with van der Waals surface area (Å²) in [5, 5.41) is 10.9. The zero-order valence-corrected chi connectivity index (χ0v) is 13.0. The van der Waals surface area contributed by atoms with E-state index in [-0.39, 0.29) is 5.91 Å². The summed E-state index contributed by atoms with van der Waals surface area (Å²) in [5.74, 6) is -0.318. The molecule has 4 N–H and O–H groups in total. The van der Waals surface area contributed by atoms with Crippen molar-refractivity contribution in [1.82, 2.24) is 10.2 Å². The minimum absolute atomic E-state index is 0.295. The molecule has 1 heterocycles. The van der Waals surface area contributed by atoms with Crippen molar-refractivity contribution in [3.8, 4) is 0 Å². The summed E-state index contributed by atoms with van der Waals surface area (Å²) in [6.45, 7) is 0. The fourth-order valence-electron chi connectivity index (χ4n) is 1.97. The largest absolute Gasteiger partial charge is 0.399 e. The molecule has 0 bridgehead atoms. The molecule has 1 amide bonds. The number of rotatable bonds is 2. The molecule has 0 unspecified atom stereocenters. The smallest absolute Gasteiger partial charge is 0.276 e. The Morgan fingerprint density at radius 1 is 1.29 bits per heavy atom. The first-order valence-electron chi connectivity index (χ1n) is 6.04. The molecule has 0 saturated heterocycles. The number of nitrogen functional groups attached to an aromatic ring is 1. The van der Waals surface area contributed by atoms with Crippen LogP contribution in [0.25, 0.3) is 10.9 Å². The van der Waals surface area contributed by atoms with Crippen molar-refractivity contribution in [2.75, 3.05) is 11.1 Å². The van der Waals surface area contributed by atoms with Crippen LogP contribution in [0.15, 0.2) is 40.9 Å². The Morgan fingerprint density at radius 2 is 2.10 bits per heavy atom. The van der Waals surface area contributed by atoms with Gasteiger partial charge >= 0.3 is 0 Å². The van der Waals surface area contributed by atoms with Crippen LogP contribution in [0.1, 0.15) is 10.5 Å². The molecule has 0 aliphatic heterocycles.